The molecule has 0 aliphatic heterocycles. The number of amides is 1. The highest BCUT2D eigenvalue weighted by Crippen LogP contribution is 2.16. The van der Waals surface area contributed by atoms with Crippen molar-refractivity contribution in [3.8, 4) is 0 Å². The van der Waals surface area contributed by atoms with Gasteiger partial charge in [-0.25, -0.2) is 0 Å². The average molecular weight is 742 g/mol. The smallest absolute Gasteiger partial charge is 0.306 e. The third-order valence-electron chi connectivity index (χ3n) is 9.56. The standard InChI is InChI=1S/C47H83NO5/c1-4-7-10-13-16-19-22-23-24-25-26-29-32-35-38-43(53-47(52)40-37-34-31-28-21-18-15-12-9-6-3)41-46(51)48-44(42-49)45(50)39-36-33-30-27-20-17-14-11-8-5-2/h7,10,12,15-16,19,23-24,26,29,43-45,49-50H,4-6,8-9,11,13-14,17-18,20-22,25,27-28,30-42H2,1-3H3,(H,48,51)/b10-7+,15-12-,19-16+,24-23+,29-26+. The molecule has 6 nitrogen and oxygen atoms in total. The zero-order valence-corrected chi connectivity index (χ0v) is 34.6. The van der Waals surface area contributed by atoms with Gasteiger partial charge in [0.2, 0.25) is 5.91 Å². The number of ether oxygens (including phenoxy) is 1. The van der Waals surface area contributed by atoms with Crippen molar-refractivity contribution in [1.29, 1.82) is 0 Å². The van der Waals surface area contributed by atoms with Crippen LogP contribution in [0.2, 0.25) is 0 Å². The molecule has 1 amide bonds. The third kappa shape index (κ3) is 36.3. The number of unbranched alkanes of at least 4 members (excludes halogenated alkanes) is 16. The summed E-state index contributed by atoms with van der Waals surface area (Å²) in [6.07, 6.45) is 48.6. The molecule has 3 unspecified atom stereocenters. The number of esters is 1. The maximum Gasteiger partial charge on any atom is 0.306 e. The molecule has 3 N–H and O–H groups in total. The number of carbonyl (C=O) groups excluding carboxylic acids is 2. The molecule has 306 valence electrons. The second-order valence-electron chi connectivity index (χ2n) is 14.7. The van der Waals surface area contributed by atoms with Crippen molar-refractivity contribution in [3.05, 3.63) is 60.8 Å². The van der Waals surface area contributed by atoms with E-state index in [0.717, 1.165) is 89.9 Å². The lowest BCUT2D eigenvalue weighted by Crippen LogP contribution is -2.46. The Bertz CT molecular complexity index is 968. The minimum absolute atomic E-state index is 0.0347. The lowest BCUT2D eigenvalue weighted by molar-refractivity contribution is -0.151. The van der Waals surface area contributed by atoms with E-state index < -0.39 is 18.2 Å². The second kappa shape index (κ2) is 40.7. The van der Waals surface area contributed by atoms with Gasteiger partial charge in [0.05, 0.1) is 25.2 Å². The van der Waals surface area contributed by atoms with E-state index in [-0.39, 0.29) is 24.9 Å². The van der Waals surface area contributed by atoms with Gasteiger partial charge >= 0.3 is 5.97 Å². The molecule has 0 aliphatic carbocycles. The van der Waals surface area contributed by atoms with Gasteiger partial charge < -0.3 is 20.3 Å². The molecule has 0 aromatic carbocycles. The highest BCUT2D eigenvalue weighted by molar-refractivity contribution is 5.77. The van der Waals surface area contributed by atoms with Crippen molar-refractivity contribution in [3.63, 3.8) is 0 Å². The maximum atomic E-state index is 13.1. The van der Waals surface area contributed by atoms with E-state index in [4.69, 9.17) is 4.74 Å². The van der Waals surface area contributed by atoms with Gasteiger partial charge in [0.1, 0.15) is 6.10 Å². The Balaban J connectivity index is 4.73. The van der Waals surface area contributed by atoms with Crippen molar-refractivity contribution in [2.75, 3.05) is 6.61 Å². The van der Waals surface area contributed by atoms with E-state index in [0.29, 0.717) is 19.3 Å². The summed E-state index contributed by atoms with van der Waals surface area (Å²) >= 11 is 0. The molecule has 6 heteroatoms. The van der Waals surface area contributed by atoms with E-state index >= 15 is 0 Å². The summed E-state index contributed by atoms with van der Waals surface area (Å²) in [6, 6.07) is -0.719. The Hall–Kier alpha value is -2.44. The van der Waals surface area contributed by atoms with Crippen molar-refractivity contribution in [2.24, 2.45) is 0 Å². The van der Waals surface area contributed by atoms with Crippen LogP contribution in [0, 0.1) is 0 Å². The lowest BCUT2D eigenvalue weighted by atomic mass is 10.0. The van der Waals surface area contributed by atoms with Crippen LogP contribution in [0.1, 0.15) is 201 Å². The van der Waals surface area contributed by atoms with Gasteiger partial charge in [0.25, 0.3) is 0 Å². The average Bonchev–Trinajstić information content (AvgIpc) is 3.15. The van der Waals surface area contributed by atoms with E-state index in [1.165, 1.54) is 64.2 Å². The van der Waals surface area contributed by atoms with Crippen molar-refractivity contribution in [2.45, 2.75) is 219 Å². The molecular formula is C47H83NO5. The summed E-state index contributed by atoms with van der Waals surface area (Å²) in [5, 5.41) is 23.5. The molecule has 0 spiro atoms. The number of allylic oxidation sites excluding steroid dienone is 10. The maximum absolute atomic E-state index is 13.1. The van der Waals surface area contributed by atoms with Crippen LogP contribution in [-0.4, -0.2) is 46.9 Å². The summed E-state index contributed by atoms with van der Waals surface area (Å²) in [4.78, 5) is 25.9. The number of hydrogen-bond acceptors (Lipinski definition) is 5. The van der Waals surface area contributed by atoms with Gasteiger partial charge in [-0.15, -0.1) is 0 Å². The molecule has 0 aromatic heterocycles. The quantitative estimate of drug-likeness (QED) is 0.0333. The summed E-state index contributed by atoms with van der Waals surface area (Å²) in [5.41, 5.74) is 0. The van der Waals surface area contributed by atoms with Crippen LogP contribution in [0.3, 0.4) is 0 Å². The van der Waals surface area contributed by atoms with Gasteiger partial charge in [-0.1, -0.05) is 171 Å². The predicted octanol–water partition coefficient (Wildman–Crippen LogP) is 12.5. The van der Waals surface area contributed by atoms with E-state index in [2.05, 4.69) is 86.8 Å². The minimum atomic E-state index is -0.801. The Morgan fingerprint density at radius 2 is 1.08 bits per heavy atom. The van der Waals surface area contributed by atoms with Crippen LogP contribution in [-0.2, 0) is 14.3 Å². The van der Waals surface area contributed by atoms with Crippen LogP contribution >= 0.6 is 0 Å². The number of rotatable bonds is 38. The van der Waals surface area contributed by atoms with Crippen molar-refractivity contribution < 1.29 is 24.5 Å². The number of aliphatic hydroxyl groups excluding tert-OH is 2. The zero-order valence-electron chi connectivity index (χ0n) is 34.6. The summed E-state index contributed by atoms with van der Waals surface area (Å²) in [7, 11) is 0. The largest absolute Gasteiger partial charge is 0.462 e. The fourth-order valence-corrected chi connectivity index (χ4v) is 6.25. The first-order chi connectivity index (χ1) is 26.0. The van der Waals surface area contributed by atoms with Crippen LogP contribution in [0.5, 0.6) is 0 Å². The highest BCUT2D eigenvalue weighted by Gasteiger charge is 2.24. The van der Waals surface area contributed by atoms with Crippen molar-refractivity contribution >= 4 is 11.9 Å². The zero-order chi connectivity index (χ0) is 38.9. The van der Waals surface area contributed by atoms with E-state index in [9.17, 15) is 19.8 Å². The van der Waals surface area contributed by atoms with Crippen LogP contribution in [0.15, 0.2) is 60.8 Å². The molecular weight excluding hydrogens is 659 g/mol. The first kappa shape index (κ1) is 50.6. The number of nitrogens with one attached hydrogen (secondary N) is 1. The van der Waals surface area contributed by atoms with Crippen LogP contribution in [0.25, 0.3) is 0 Å². The first-order valence-corrected chi connectivity index (χ1v) is 22.0. The molecule has 0 bridgehead atoms. The molecule has 3 atom stereocenters. The molecule has 53 heavy (non-hydrogen) atoms. The lowest BCUT2D eigenvalue weighted by Gasteiger charge is -2.24. The van der Waals surface area contributed by atoms with E-state index in [1.807, 2.05) is 0 Å². The molecule has 0 fully saturated rings. The number of aliphatic hydroxyl groups is 2. The Kier molecular flexibility index (Phi) is 38.9. The van der Waals surface area contributed by atoms with Crippen LogP contribution in [0.4, 0.5) is 0 Å². The third-order valence-corrected chi connectivity index (χ3v) is 9.56. The van der Waals surface area contributed by atoms with Gasteiger partial charge in [-0.3, -0.25) is 9.59 Å². The molecule has 0 rings (SSSR count). The SMILES string of the molecule is CC/C=C/C/C=C/C/C=C/C/C=C/CCCC(CC(=O)NC(CO)C(O)CCCCCCCCCCCC)OC(=O)CCCCCCC/C=C\CCC. The predicted molar refractivity (Wildman–Crippen MR) is 227 cm³/mol. The minimum Gasteiger partial charge on any atom is -0.462 e. The Labute approximate surface area is 327 Å². The molecule has 0 aromatic rings. The summed E-state index contributed by atoms with van der Waals surface area (Å²) in [5.74, 6) is -0.547. The highest BCUT2D eigenvalue weighted by atomic mass is 16.5. The van der Waals surface area contributed by atoms with E-state index in [1.54, 1.807) is 0 Å². The Morgan fingerprint density at radius 3 is 1.68 bits per heavy atom. The van der Waals surface area contributed by atoms with Gasteiger partial charge in [0.15, 0.2) is 0 Å². The number of hydrogen-bond donors (Lipinski definition) is 3. The topological polar surface area (TPSA) is 95.9 Å². The van der Waals surface area contributed by atoms with Gasteiger partial charge in [0, 0.05) is 6.42 Å². The molecule has 0 heterocycles. The fourth-order valence-electron chi connectivity index (χ4n) is 6.25. The second-order valence-corrected chi connectivity index (χ2v) is 14.7. The Morgan fingerprint density at radius 1 is 0.566 bits per heavy atom. The molecule has 0 aliphatic rings. The molecule has 0 radical (unpaired) electrons. The molecule has 0 saturated carbocycles. The summed E-state index contributed by atoms with van der Waals surface area (Å²) < 4.78 is 5.85. The number of carbonyl (C=O) groups is 2. The normalized spacial score (nSPS) is 14.0. The van der Waals surface area contributed by atoms with Crippen molar-refractivity contribution in [1.82, 2.24) is 5.32 Å². The van der Waals surface area contributed by atoms with Gasteiger partial charge in [-0.2, -0.15) is 0 Å². The first-order valence-electron chi connectivity index (χ1n) is 22.0. The van der Waals surface area contributed by atoms with Crippen LogP contribution < -0.4 is 5.32 Å². The fraction of sp³-hybridized carbons (Fsp3) is 0.745. The summed E-state index contributed by atoms with van der Waals surface area (Å²) in [6.45, 7) is 6.25. The van der Waals surface area contributed by atoms with Gasteiger partial charge in [-0.05, 0) is 77.0 Å². The molecule has 0 saturated heterocycles. The monoisotopic (exact) mass is 742 g/mol.